The maximum atomic E-state index is 3.41. The Hall–Kier alpha value is 0.177. The van der Waals surface area contributed by atoms with E-state index < -0.39 is 0 Å². The SMILES string of the molecule is C[Si](C)CCC1CCNCC1. The van der Waals surface area contributed by atoms with E-state index in [1.165, 1.54) is 38.4 Å². The summed E-state index contributed by atoms with van der Waals surface area (Å²) >= 11 is 0. The maximum Gasteiger partial charge on any atom is 0.0413 e. The van der Waals surface area contributed by atoms with Crippen molar-refractivity contribution < 1.29 is 0 Å². The monoisotopic (exact) mass is 170 g/mol. The van der Waals surface area contributed by atoms with Gasteiger partial charge < -0.3 is 5.32 Å². The highest BCUT2D eigenvalue weighted by atomic mass is 28.3. The molecule has 0 aliphatic carbocycles. The van der Waals surface area contributed by atoms with Crippen molar-refractivity contribution in [3.8, 4) is 0 Å². The number of piperidine rings is 1. The van der Waals surface area contributed by atoms with Crippen molar-refractivity contribution in [3.05, 3.63) is 0 Å². The Morgan fingerprint density at radius 3 is 2.45 bits per heavy atom. The Labute approximate surface area is 72.2 Å². The third-order valence-electron chi connectivity index (χ3n) is 2.51. The predicted molar refractivity (Wildman–Crippen MR) is 52.5 cm³/mol. The van der Waals surface area contributed by atoms with Crippen LogP contribution >= 0.6 is 0 Å². The predicted octanol–water partition coefficient (Wildman–Crippen LogP) is 2.13. The Kier molecular flexibility index (Phi) is 4.16. The molecule has 0 aromatic rings. The molecule has 0 amide bonds. The van der Waals surface area contributed by atoms with Gasteiger partial charge in [0.2, 0.25) is 0 Å². The van der Waals surface area contributed by atoms with Crippen LogP contribution in [0, 0.1) is 5.92 Å². The molecule has 11 heavy (non-hydrogen) atoms. The van der Waals surface area contributed by atoms with Crippen LogP contribution in [0.15, 0.2) is 0 Å². The van der Waals surface area contributed by atoms with E-state index in [1.54, 1.807) is 0 Å². The van der Waals surface area contributed by atoms with Crippen molar-refractivity contribution in [2.24, 2.45) is 5.92 Å². The molecule has 1 saturated heterocycles. The van der Waals surface area contributed by atoms with Crippen LogP contribution in [0.4, 0.5) is 0 Å². The number of hydrogen-bond acceptors (Lipinski definition) is 1. The zero-order valence-electron chi connectivity index (χ0n) is 7.82. The third kappa shape index (κ3) is 3.92. The molecule has 65 valence electrons. The molecule has 1 aliphatic rings. The summed E-state index contributed by atoms with van der Waals surface area (Å²) in [5, 5.41) is 3.41. The minimum absolute atomic E-state index is 0.0462. The molecule has 2 heteroatoms. The van der Waals surface area contributed by atoms with E-state index >= 15 is 0 Å². The van der Waals surface area contributed by atoms with Crippen LogP contribution in [0.5, 0.6) is 0 Å². The average Bonchev–Trinajstić information content (AvgIpc) is 2.03. The molecule has 1 radical (unpaired) electrons. The van der Waals surface area contributed by atoms with Gasteiger partial charge in [-0.2, -0.15) is 0 Å². The first kappa shape index (κ1) is 9.27. The molecule has 0 atom stereocenters. The molecule has 1 heterocycles. The molecule has 1 nitrogen and oxygen atoms in total. The first-order chi connectivity index (χ1) is 5.29. The normalized spacial score (nSPS) is 21.0. The fourth-order valence-corrected chi connectivity index (χ4v) is 2.65. The molecular weight excluding hydrogens is 150 g/mol. The molecule has 0 bridgehead atoms. The molecule has 0 spiro atoms. The second kappa shape index (κ2) is 4.94. The molecule has 1 fully saturated rings. The van der Waals surface area contributed by atoms with Gasteiger partial charge in [0, 0.05) is 8.80 Å². The lowest BCUT2D eigenvalue weighted by Crippen LogP contribution is -2.28. The van der Waals surface area contributed by atoms with Crippen molar-refractivity contribution >= 4 is 8.80 Å². The van der Waals surface area contributed by atoms with Crippen molar-refractivity contribution in [1.82, 2.24) is 5.32 Å². The standard InChI is InChI=1S/C9H20NSi/c1-11(2)8-5-9-3-6-10-7-4-9/h9-10H,3-8H2,1-2H3. The maximum absolute atomic E-state index is 3.41. The van der Waals surface area contributed by atoms with Crippen LogP contribution in [0.2, 0.25) is 19.1 Å². The molecule has 1 aliphatic heterocycles. The summed E-state index contributed by atoms with van der Waals surface area (Å²) in [5.74, 6) is 1.05. The molecule has 0 unspecified atom stereocenters. The summed E-state index contributed by atoms with van der Waals surface area (Å²) in [7, 11) is 0.0462. The fraction of sp³-hybridized carbons (Fsp3) is 1.00. The fourth-order valence-electron chi connectivity index (χ4n) is 1.66. The molecule has 1 rings (SSSR count). The Morgan fingerprint density at radius 1 is 1.27 bits per heavy atom. The van der Waals surface area contributed by atoms with E-state index in [-0.39, 0.29) is 8.80 Å². The second-order valence-corrected chi connectivity index (χ2v) is 6.85. The minimum Gasteiger partial charge on any atom is -0.317 e. The van der Waals surface area contributed by atoms with E-state index in [0.29, 0.717) is 0 Å². The van der Waals surface area contributed by atoms with E-state index in [2.05, 4.69) is 18.4 Å². The summed E-state index contributed by atoms with van der Waals surface area (Å²) < 4.78 is 0. The van der Waals surface area contributed by atoms with Crippen LogP contribution in [0.25, 0.3) is 0 Å². The van der Waals surface area contributed by atoms with E-state index in [4.69, 9.17) is 0 Å². The van der Waals surface area contributed by atoms with Crippen LogP contribution in [-0.2, 0) is 0 Å². The summed E-state index contributed by atoms with van der Waals surface area (Å²) in [6, 6.07) is 1.52. The molecule has 0 aromatic heterocycles. The first-order valence-electron chi connectivity index (χ1n) is 4.79. The highest BCUT2D eigenvalue weighted by Gasteiger charge is 2.12. The summed E-state index contributed by atoms with van der Waals surface area (Å²) in [5.41, 5.74) is 0. The number of hydrogen-bond donors (Lipinski definition) is 1. The summed E-state index contributed by atoms with van der Waals surface area (Å²) in [6.45, 7) is 7.37. The number of rotatable bonds is 3. The van der Waals surface area contributed by atoms with Gasteiger partial charge in [0.05, 0.1) is 0 Å². The summed E-state index contributed by atoms with van der Waals surface area (Å²) in [4.78, 5) is 0. The zero-order valence-corrected chi connectivity index (χ0v) is 8.82. The van der Waals surface area contributed by atoms with Crippen LogP contribution in [-0.4, -0.2) is 21.9 Å². The van der Waals surface area contributed by atoms with Gasteiger partial charge in [0.1, 0.15) is 0 Å². The van der Waals surface area contributed by atoms with Crippen molar-refractivity contribution in [1.29, 1.82) is 0 Å². The second-order valence-electron chi connectivity index (χ2n) is 3.94. The van der Waals surface area contributed by atoms with Gasteiger partial charge in [-0.1, -0.05) is 25.6 Å². The van der Waals surface area contributed by atoms with Crippen LogP contribution in [0.3, 0.4) is 0 Å². The molecular formula is C9H20NSi. The quantitative estimate of drug-likeness (QED) is 0.640. The highest BCUT2D eigenvalue weighted by molar-refractivity contribution is 6.55. The van der Waals surface area contributed by atoms with Crippen LogP contribution < -0.4 is 5.32 Å². The summed E-state index contributed by atoms with van der Waals surface area (Å²) in [6.07, 6.45) is 4.35. The van der Waals surface area contributed by atoms with Gasteiger partial charge in [0.25, 0.3) is 0 Å². The molecule has 0 saturated carbocycles. The first-order valence-corrected chi connectivity index (χ1v) is 7.49. The van der Waals surface area contributed by atoms with Crippen molar-refractivity contribution in [3.63, 3.8) is 0 Å². The van der Waals surface area contributed by atoms with E-state index in [0.717, 1.165) is 5.92 Å². The minimum atomic E-state index is 0.0462. The largest absolute Gasteiger partial charge is 0.317 e. The van der Waals surface area contributed by atoms with Gasteiger partial charge in [-0.25, -0.2) is 0 Å². The van der Waals surface area contributed by atoms with E-state index in [9.17, 15) is 0 Å². The van der Waals surface area contributed by atoms with Gasteiger partial charge in [0.15, 0.2) is 0 Å². The zero-order chi connectivity index (χ0) is 8.10. The number of nitrogens with one attached hydrogen (secondary N) is 1. The Morgan fingerprint density at radius 2 is 1.91 bits per heavy atom. The van der Waals surface area contributed by atoms with Gasteiger partial charge >= 0.3 is 0 Å². The smallest absolute Gasteiger partial charge is 0.0413 e. The highest BCUT2D eigenvalue weighted by Crippen LogP contribution is 2.18. The topological polar surface area (TPSA) is 12.0 Å². The lowest BCUT2D eigenvalue weighted by Gasteiger charge is -2.22. The van der Waals surface area contributed by atoms with Gasteiger partial charge in [-0.05, 0) is 31.8 Å². The van der Waals surface area contributed by atoms with Gasteiger partial charge in [-0.3, -0.25) is 0 Å². The lowest BCUT2D eigenvalue weighted by molar-refractivity contribution is 0.364. The van der Waals surface area contributed by atoms with Crippen molar-refractivity contribution in [2.45, 2.75) is 38.4 Å². The molecule has 0 aromatic carbocycles. The molecule has 1 N–H and O–H groups in total. The van der Waals surface area contributed by atoms with Crippen LogP contribution in [0.1, 0.15) is 19.3 Å². The van der Waals surface area contributed by atoms with E-state index in [1.807, 2.05) is 0 Å². The third-order valence-corrected chi connectivity index (χ3v) is 3.80. The van der Waals surface area contributed by atoms with Crippen molar-refractivity contribution in [2.75, 3.05) is 13.1 Å². The Bertz CT molecular complexity index is 97.7. The average molecular weight is 170 g/mol. The Balaban J connectivity index is 2.05. The van der Waals surface area contributed by atoms with Gasteiger partial charge in [-0.15, -0.1) is 0 Å². The lowest BCUT2D eigenvalue weighted by atomic mass is 9.96.